The van der Waals surface area contributed by atoms with Crippen LogP contribution in [0.3, 0.4) is 0 Å². The number of hydrogen-bond acceptors (Lipinski definition) is 3. The summed E-state index contributed by atoms with van der Waals surface area (Å²) in [5.74, 6) is -0.376. The van der Waals surface area contributed by atoms with Gasteiger partial charge < -0.3 is 15.3 Å². The number of rotatable bonds is 2. The van der Waals surface area contributed by atoms with Crippen LogP contribution in [0.1, 0.15) is 44.3 Å². The molecule has 20 heavy (non-hydrogen) atoms. The van der Waals surface area contributed by atoms with Gasteiger partial charge in [-0.2, -0.15) is 0 Å². The zero-order valence-electron chi connectivity index (χ0n) is 11.5. The van der Waals surface area contributed by atoms with Gasteiger partial charge in [-0.05, 0) is 37.8 Å². The number of anilines is 2. The van der Waals surface area contributed by atoms with E-state index in [1.54, 1.807) is 6.07 Å². The minimum absolute atomic E-state index is 0.376. The van der Waals surface area contributed by atoms with Crippen LogP contribution in [0.2, 0.25) is 5.02 Å². The van der Waals surface area contributed by atoms with Crippen LogP contribution in [-0.2, 0) is 4.79 Å². The van der Waals surface area contributed by atoms with E-state index in [1.807, 2.05) is 6.07 Å². The van der Waals surface area contributed by atoms with E-state index in [2.05, 4.69) is 17.1 Å². The molecule has 3 rings (SSSR count). The number of nitrogens with one attached hydrogen (secondary N) is 1. The molecule has 1 aromatic rings. The topological polar surface area (TPSA) is 52.6 Å². The summed E-state index contributed by atoms with van der Waals surface area (Å²) in [5, 5.41) is 13.1. The molecule has 0 saturated carbocycles. The van der Waals surface area contributed by atoms with Gasteiger partial charge in [0.05, 0.1) is 10.7 Å². The molecular weight excluding hydrogens is 276 g/mol. The molecule has 5 heteroatoms. The number of carbonyl (C=O) groups is 1. The van der Waals surface area contributed by atoms with Crippen molar-refractivity contribution in [3.63, 3.8) is 0 Å². The highest BCUT2D eigenvalue weighted by atomic mass is 35.5. The summed E-state index contributed by atoms with van der Waals surface area (Å²) < 4.78 is 0. The zero-order valence-corrected chi connectivity index (χ0v) is 12.3. The number of benzene rings is 1. The first-order valence-electron chi connectivity index (χ1n) is 7.20. The van der Waals surface area contributed by atoms with E-state index in [1.165, 1.54) is 19.3 Å². The summed E-state index contributed by atoms with van der Waals surface area (Å²) >= 11 is 6.38. The lowest BCUT2D eigenvalue weighted by Gasteiger charge is -2.37. The van der Waals surface area contributed by atoms with E-state index < -0.39 is 6.10 Å². The van der Waals surface area contributed by atoms with Crippen molar-refractivity contribution in [2.45, 2.75) is 44.8 Å². The molecule has 1 fully saturated rings. The second-order valence-electron chi connectivity index (χ2n) is 5.53. The van der Waals surface area contributed by atoms with Crippen molar-refractivity contribution >= 4 is 28.9 Å². The number of halogens is 1. The van der Waals surface area contributed by atoms with Gasteiger partial charge in [-0.1, -0.05) is 18.5 Å². The Labute approximate surface area is 123 Å². The highest BCUT2D eigenvalue weighted by molar-refractivity contribution is 6.33. The number of amides is 1. The molecule has 2 atom stereocenters. The van der Waals surface area contributed by atoms with Crippen LogP contribution in [0.4, 0.5) is 11.4 Å². The Bertz CT molecular complexity index is 547. The number of aliphatic hydroxyl groups excluding tert-OH is 1. The predicted octanol–water partition coefficient (Wildman–Crippen LogP) is 3.09. The fourth-order valence-corrected chi connectivity index (χ4v) is 3.50. The maximum atomic E-state index is 11.5. The SMILES string of the molecule is CCC1CCCCN1c1cc2c(cc1Cl)C(O)C(=O)N2. The highest BCUT2D eigenvalue weighted by Gasteiger charge is 2.31. The Morgan fingerprint density at radius 1 is 1.45 bits per heavy atom. The van der Waals surface area contributed by atoms with E-state index in [0.717, 1.165) is 18.7 Å². The lowest BCUT2D eigenvalue weighted by molar-refractivity contribution is -0.123. The molecular formula is C15H19ClN2O2. The normalized spacial score (nSPS) is 25.6. The molecule has 0 radical (unpaired) electrons. The molecule has 1 aromatic carbocycles. The van der Waals surface area contributed by atoms with Gasteiger partial charge in [-0.25, -0.2) is 0 Å². The standard InChI is InChI=1S/C15H19ClN2O2/c1-2-9-5-3-4-6-18(9)13-8-12-10(7-11(13)16)14(19)15(20)17-12/h7-9,14,19H,2-6H2,1H3,(H,17,20). The van der Waals surface area contributed by atoms with Crippen LogP contribution in [0.25, 0.3) is 0 Å². The summed E-state index contributed by atoms with van der Waals surface area (Å²) in [5.41, 5.74) is 2.22. The van der Waals surface area contributed by atoms with Gasteiger partial charge in [0.2, 0.25) is 0 Å². The average Bonchev–Trinajstić information content (AvgIpc) is 2.73. The smallest absolute Gasteiger partial charge is 0.257 e. The summed E-state index contributed by atoms with van der Waals surface area (Å²) in [4.78, 5) is 13.9. The first-order chi connectivity index (χ1) is 9.61. The Balaban J connectivity index is 1.99. The van der Waals surface area contributed by atoms with E-state index >= 15 is 0 Å². The highest BCUT2D eigenvalue weighted by Crippen LogP contribution is 2.40. The van der Waals surface area contributed by atoms with E-state index in [-0.39, 0.29) is 5.91 Å². The molecule has 1 saturated heterocycles. The number of fused-ring (bicyclic) bond motifs is 1. The number of hydrogen-bond donors (Lipinski definition) is 2. The predicted molar refractivity (Wildman–Crippen MR) is 80.3 cm³/mol. The molecule has 0 aliphatic carbocycles. The summed E-state index contributed by atoms with van der Waals surface area (Å²) in [6, 6.07) is 4.12. The van der Waals surface area contributed by atoms with Crippen molar-refractivity contribution in [3.8, 4) is 0 Å². The van der Waals surface area contributed by atoms with Gasteiger partial charge in [0.1, 0.15) is 0 Å². The van der Waals surface area contributed by atoms with Crippen LogP contribution in [0.5, 0.6) is 0 Å². The van der Waals surface area contributed by atoms with Crippen LogP contribution < -0.4 is 10.2 Å². The van der Waals surface area contributed by atoms with Gasteiger partial charge in [0.25, 0.3) is 5.91 Å². The lowest BCUT2D eigenvalue weighted by atomic mass is 9.98. The van der Waals surface area contributed by atoms with E-state index in [0.29, 0.717) is 22.3 Å². The van der Waals surface area contributed by atoms with Gasteiger partial charge in [0.15, 0.2) is 6.10 Å². The number of nitrogens with zero attached hydrogens (tertiary/aromatic N) is 1. The minimum atomic E-state index is -1.10. The van der Waals surface area contributed by atoms with Crippen LogP contribution in [0.15, 0.2) is 12.1 Å². The maximum absolute atomic E-state index is 11.5. The molecule has 108 valence electrons. The first kappa shape index (κ1) is 13.7. The van der Waals surface area contributed by atoms with Gasteiger partial charge in [0, 0.05) is 23.8 Å². The Kier molecular flexibility index (Phi) is 3.61. The Morgan fingerprint density at radius 3 is 3.00 bits per heavy atom. The molecule has 0 spiro atoms. The fraction of sp³-hybridized carbons (Fsp3) is 0.533. The van der Waals surface area contributed by atoms with E-state index in [9.17, 15) is 9.90 Å². The Hall–Kier alpha value is -1.26. The minimum Gasteiger partial charge on any atom is -0.378 e. The van der Waals surface area contributed by atoms with Crippen molar-refractivity contribution in [2.75, 3.05) is 16.8 Å². The quantitative estimate of drug-likeness (QED) is 0.881. The third kappa shape index (κ3) is 2.17. The molecule has 2 aliphatic rings. The molecule has 0 aromatic heterocycles. The molecule has 2 heterocycles. The second-order valence-corrected chi connectivity index (χ2v) is 5.94. The monoisotopic (exact) mass is 294 g/mol. The number of piperidine rings is 1. The van der Waals surface area contributed by atoms with Crippen molar-refractivity contribution in [1.82, 2.24) is 0 Å². The van der Waals surface area contributed by atoms with Crippen LogP contribution in [0, 0.1) is 0 Å². The Morgan fingerprint density at radius 2 is 2.25 bits per heavy atom. The molecule has 1 amide bonds. The zero-order chi connectivity index (χ0) is 14.3. The molecule has 0 bridgehead atoms. The molecule has 2 unspecified atom stereocenters. The van der Waals surface area contributed by atoms with Crippen molar-refractivity contribution in [1.29, 1.82) is 0 Å². The second kappa shape index (κ2) is 5.26. The molecule has 2 aliphatic heterocycles. The lowest BCUT2D eigenvalue weighted by Crippen LogP contribution is -2.39. The number of aliphatic hydroxyl groups is 1. The summed E-state index contributed by atoms with van der Waals surface area (Å²) in [6.45, 7) is 3.18. The average molecular weight is 295 g/mol. The summed E-state index contributed by atoms with van der Waals surface area (Å²) in [7, 11) is 0. The van der Waals surface area contributed by atoms with Crippen molar-refractivity contribution < 1.29 is 9.90 Å². The molecule has 4 nitrogen and oxygen atoms in total. The van der Waals surface area contributed by atoms with Crippen molar-refractivity contribution in [3.05, 3.63) is 22.7 Å². The molecule has 2 N–H and O–H groups in total. The largest absolute Gasteiger partial charge is 0.378 e. The summed E-state index contributed by atoms with van der Waals surface area (Å²) in [6.07, 6.45) is 3.59. The van der Waals surface area contributed by atoms with Crippen LogP contribution in [-0.4, -0.2) is 23.6 Å². The van der Waals surface area contributed by atoms with Crippen LogP contribution >= 0.6 is 11.6 Å². The van der Waals surface area contributed by atoms with Gasteiger partial charge >= 0.3 is 0 Å². The maximum Gasteiger partial charge on any atom is 0.257 e. The fourth-order valence-electron chi connectivity index (χ4n) is 3.22. The third-order valence-electron chi connectivity index (χ3n) is 4.33. The van der Waals surface area contributed by atoms with Gasteiger partial charge in [-0.3, -0.25) is 4.79 Å². The number of carbonyl (C=O) groups excluding carboxylic acids is 1. The van der Waals surface area contributed by atoms with Crippen molar-refractivity contribution in [2.24, 2.45) is 0 Å². The third-order valence-corrected chi connectivity index (χ3v) is 4.63. The first-order valence-corrected chi connectivity index (χ1v) is 7.58. The van der Waals surface area contributed by atoms with E-state index in [4.69, 9.17) is 11.6 Å². The van der Waals surface area contributed by atoms with Gasteiger partial charge in [-0.15, -0.1) is 0 Å².